The van der Waals surface area contributed by atoms with Gasteiger partial charge in [0, 0.05) is 36.7 Å². The van der Waals surface area contributed by atoms with Gasteiger partial charge in [-0.2, -0.15) is 11.8 Å². The molecule has 2 heterocycles. The predicted octanol–water partition coefficient (Wildman–Crippen LogP) is 2.10. The lowest BCUT2D eigenvalue weighted by Gasteiger charge is -2.29. The summed E-state index contributed by atoms with van der Waals surface area (Å²) in [5.74, 6) is 0.669. The summed E-state index contributed by atoms with van der Waals surface area (Å²) in [5.41, 5.74) is 0.395. The van der Waals surface area contributed by atoms with Crippen molar-refractivity contribution in [3.8, 4) is 5.69 Å². The summed E-state index contributed by atoms with van der Waals surface area (Å²) in [6, 6.07) is 2.57. The molecule has 1 aromatic carbocycles. The van der Waals surface area contributed by atoms with Gasteiger partial charge in [-0.25, -0.2) is 13.5 Å². The van der Waals surface area contributed by atoms with Crippen molar-refractivity contribution in [1.82, 2.24) is 15.0 Å². The molecule has 0 unspecified atom stereocenters. The van der Waals surface area contributed by atoms with Gasteiger partial charge >= 0.3 is 0 Å². The number of rotatable bonds is 2. The molecule has 1 fully saturated rings. The molecule has 1 saturated heterocycles. The van der Waals surface area contributed by atoms with E-state index in [-0.39, 0.29) is 5.69 Å². The zero-order chi connectivity index (χ0) is 13.2. The molecule has 7 heteroatoms. The van der Waals surface area contributed by atoms with Gasteiger partial charge in [-0.05, 0) is 0 Å². The highest BCUT2D eigenvalue weighted by Crippen LogP contribution is 2.28. The van der Waals surface area contributed by atoms with Gasteiger partial charge in [0.25, 0.3) is 0 Å². The van der Waals surface area contributed by atoms with Gasteiger partial charge in [0.15, 0.2) is 11.6 Å². The summed E-state index contributed by atoms with van der Waals surface area (Å²) in [7, 11) is 0. The molecule has 0 saturated carbocycles. The highest BCUT2D eigenvalue weighted by atomic mass is 32.2. The minimum absolute atomic E-state index is 0.0594. The van der Waals surface area contributed by atoms with Crippen LogP contribution < -0.4 is 4.90 Å². The zero-order valence-corrected chi connectivity index (χ0v) is 10.9. The minimum atomic E-state index is -0.558. The monoisotopic (exact) mass is 282 g/mol. The molecule has 1 aliphatic rings. The largest absolute Gasteiger partial charge is 0.365 e. The van der Waals surface area contributed by atoms with Crippen LogP contribution in [0.25, 0.3) is 5.69 Å². The molecular weight excluding hydrogens is 270 g/mol. The normalized spacial score (nSPS) is 15.8. The van der Waals surface area contributed by atoms with Gasteiger partial charge in [0.1, 0.15) is 5.69 Å². The summed E-state index contributed by atoms with van der Waals surface area (Å²) < 4.78 is 29.6. The fourth-order valence-electron chi connectivity index (χ4n) is 2.12. The van der Waals surface area contributed by atoms with E-state index in [4.69, 9.17) is 0 Å². The lowest BCUT2D eigenvalue weighted by molar-refractivity contribution is 0.570. The summed E-state index contributed by atoms with van der Waals surface area (Å²) in [5, 5.41) is 7.35. The van der Waals surface area contributed by atoms with Crippen LogP contribution in [0.1, 0.15) is 0 Å². The molecule has 0 spiro atoms. The van der Waals surface area contributed by atoms with Crippen molar-refractivity contribution in [1.29, 1.82) is 0 Å². The molecule has 4 nitrogen and oxygen atoms in total. The van der Waals surface area contributed by atoms with E-state index in [1.165, 1.54) is 23.0 Å². The third-order valence-electron chi connectivity index (χ3n) is 3.02. The van der Waals surface area contributed by atoms with E-state index in [1.54, 1.807) is 22.9 Å². The van der Waals surface area contributed by atoms with Crippen LogP contribution in [-0.2, 0) is 0 Å². The molecule has 0 radical (unpaired) electrons. The highest BCUT2D eigenvalue weighted by Gasteiger charge is 2.20. The maximum absolute atomic E-state index is 14.1. The first-order chi connectivity index (χ1) is 9.25. The average Bonchev–Trinajstić information content (AvgIpc) is 2.93. The van der Waals surface area contributed by atoms with Crippen LogP contribution in [0.2, 0.25) is 0 Å². The molecule has 3 rings (SSSR count). The fraction of sp³-hybridized carbons (Fsp3) is 0.333. The van der Waals surface area contributed by atoms with E-state index in [0.717, 1.165) is 11.5 Å². The number of nitrogens with zero attached hydrogens (tertiary/aromatic N) is 4. The minimum Gasteiger partial charge on any atom is -0.365 e. The Labute approximate surface area is 113 Å². The van der Waals surface area contributed by atoms with Crippen LogP contribution in [0, 0.1) is 11.6 Å². The van der Waals surface area contributed by atoms with Crippen molar-refractivity contribution >= 4 is 17.4 Å². The second kappa shape index (κ2) is 5.16. The first-order valence-corrected chi connectivity index (χ1v) is 7.09. The Morgan fingerprint density at radius 1 is 1.11 bits per heavy atom. The molecule has 1 aliphatic heterocycles. The van der Waals surface area contributed by atoms with Crippen molar-refractivity contribution in [3.63, 3.8) is 0 Å². The van der Waals surface area contributed by atoms with Gasteiger partial charge in [-0.1, -0.05) is 5.21 Å². The van der Waals surface area contributed by atoms with E-state index >= 15 is 0 Å². The molecule has 2 aromatic rings. The molecule has 100 valence electrons. The molecule has 1 aromatic heterocycles. The van der Waals surface area contributed by atoms with Crippen LogP contribution >= 0.6 is 11.8 Å². The lowest BCUT2D eigenvalue weighted by Crippen LogP contribution is -2.33. The zero-order valence-electron chi connectivity index (χ0n) is 10.1. The first-order valence-electron chi connectivity index (χ1n) is 5.94. The fourth-order valence-corrected chi connectivity index (χ4v) is 3.02. The van der Waals surface area contributed by atoms with Gasteiger partial charge in [-0.15, -0.1) is 5.10 Å². The van der Waals surface area contributed by atoms with Gasteiger partial charge < -0.3 is 4.90 Å². The number of aromatic nitrogens is 3. The van der Waals surface area contributed by atoms with Crippen molar-refractivity contribution in [2.45, 2.75) is 0 Å². The topological polar surface area (TPSA) is 34.0 Å². The molecular formula is C12H12F2N4S. The maximum Gasteiger partial charge on any atom is 0.151 e. The van der Waals surface area contributed by atoms with Crippen molar-refractivity contribution < 1.29 is 8.78 Å². The van der Waals surface area contributed by atoms with Crippen molar-refractivity contribution in [2.75, 3.05) is 29.5 Å². The van der Waals surface area contributed by atoms with E-state index in [1.807, 2.05) is 0 Å². The number of thioether (sulfide) groups is 1. The standard InChI is InChI=1S/C12H12F2N4S/c13-10-7-9(18-2-1-15-16-18)8-11(14)12(10)17-3-5-19-6-4-17/h1-2,7-8H,3-6H2. The summed E-state index contributed by atoms with van der Waals surface area (Å²) in [4.78, 5) is 1.76. The van der Waals surface area contributed by atoms with Crippen LogP contribution in [0.3, 0.4) is 0 Å². The molecule has 0 atom stereocenters. The number of hydrogen-bond acceptors (Lipinski definition) is 4. The van der Waals surface area contributed by atoms with Gasteiger partial charge in [0.2, 0.25) is 0 Å². The first kappa shape index (κ1) is 12.4. The van der Waals surface area contributed by atoms with Crippen LogP contribution in [0.5, 0.6) is 0 Å². The molecule has 19 heavy (non-hydrogen) atoms. The second-order valence-corrected chi connectivity index (χ2v) is 5.43. The number of halogens is 2. The number of anilines is 1. The molecule has 0 amide bonds. The van der Waals surface area contributed by atoms with Gasteiger partial charge in [0.05, 0.1) is 18.1 Å². The smallest absolute Gasteiger partial charge is 0.151 e. The Bertz CT molecular complexity index is 544. The number of hydrogen-bond donors (Lipinski definition) is 0. The Hall–Kier alpha value is -1.63. The predicted molar refractivity (Wildman–Crippen MR) is 70.8 cm³/mol. The quantitative estimate of drug-likeness (QED) is 0.845. The maximum atomic E-state index is 14.1. The van der Waals surface area contributed by atoms with Crippen LogP contribution in [0.15, 0.2) is 24.5 Å². The van der Waals surface area contributed by atoms with Crippen molar-refractivity contribution in [3.05, 3.63) is 36.2 Å². The van der Waals surface area contributed by atoms with E-state index in [0.29, 0.717) is 18.8 Å². The Morgan fingerprint density at radius 3 is 2.37 bits per heavy atom. The van der Waals surface area contributed by atoms with Crippen LogP contribution in [-0.4, -0.2) is 39.6 Å². The summed E-state index contributed by atoms with van der Waals surface area (Å²) in [6.07, 6.45) is 3.01. The molecule has 0 bridgehead atoms. The van der Waals surface area contributed by atoms with E-state index in [9.17, 15) is 8.78 Å². The van der Waals surface area contributed by atoms with E-state index < -0.39 is 11.6 Å². The third-order valence-corrected chi connectivity index (χ3v) is 3.96. The van der Waals surface area contributed by atoms with Crippen molar-refractivity contribution in [2.24, 2.45) is 0 Å². The van der Waals surface area contributed by atoms with Gasteiger partial charge in [-0.3, -0.25) is 0 Å². The summed E-state index contributed by atoms with van der Waals surface area (Å²) >= 11 is 1.80. The van der Waals surface area contributed by atoms with E-state index in [2.05, 4.69) is 10.3 Å². The SMILES string of the molecule is Fc1cc(-n2ccnn2)cc(F)c1N1CCSCC1. The second-order valence-electron chi connectivity index (χ2n) is 4.21. The average molecular weight is 282 g/mol. The Morgan fingerprint density at radius 2 is 1.79 bits per heavy atom. The lowest BCUT2D eigenvalue weighted by atomic mass is 10.2. The Kier molecular flexibility index (Phi) is 3.37. The Balaban J connectivity index is 1.98. The highest BCUT2D eigenvalue weighted by molar-refractivity contribution is 7.99. The van der Waals surface area contributed by atoms with Crippen LogP contribution in [0.4, 0.5) is 14.5 Å². The molecule has 0 aliphatic carbocycles. The molecule has 0 N–H and O–H groups in total. The third kappa shape index (κ3) is 2.42. The number of benzene rings is 1. The summed E-state index contributed by atoms with van der Waals surface area (Å²) in [6.45, 7) is 1.34.